The van der Waals surface area contributed by atoms with Crippen molar-refractivity contribution in [2.75, 3.05) is 0 Å². The van der Waals surface area contributed by atoms with Gasteiger partial charge in [-0.3, -0.25) is 0 Å². The van der Waals surface area contributed by atoms with Crippen molar-refractivity contribution < 1.29 is 0 Å². The van der Waals surface area contributed by atoms with E-state index in [9.17, 15) is 0 Å². The summed E-state index contributed by atoms with van der Waals surface area (Å²) in [4.78, 5) is 0. The lowest BCUT2D eigenvalue weighted by Crippen LogP contribution is -2.57. The Morgan fingerprint density at radius 2 is 0.292 bits per heavy atom. The zero-order valence-electron chi connectivity index (χ0n) is 38.1. The molecule has 56 radical (unpaired) electrons. The summed E-state index contributed by atoms with van der Waals surface area (Å²) < 4.78 is 2.78. The van der Waals surface area contributed by atoms with Crippen LogP contribution in [0.4, 0.5) is 0 Å². The van der Waals surface area contributed by atoms with E-state index in [0.29, 0.717) is 0 Å². The van der Waals surface area contributed by atoms with E-state index < -0.39 is 0 Å². The SMILES string of the molecule is [B]c1c([B])c([B])c(-c2c([B])c([B])c(-n3c4c([B])c([B])c([B])c([B])c4c4c([B])c(-c5c([B])c([B])c6c(c5[B])c5c([B])c([B])c([B])c([B])c5n6-c5c([B])c([B])c([B])c([B])c5[B])c([B])c([B])c43)c([B])c2[B])c([B])c1[B]. The lowest BCUT2D eigenvalue weighted by molar-refractivity contribution is 1.22. The first-order valence-electron chi connectivity index (χ1n) is 20.9. The molecule has 72 heavy (non-hydrogen) atoms. The maximum atomic E-state index is 7.32. The van der Waals surface area contributed by atoms with Gasteiger partial charge in [-0.2, -0.15) is 0 Å². The number of hydrogen-bond acceptors (Lipinski definition) is 0. The molecular formula is C42B28N2. The van der Waals surface area contributed by atoms with E-state index in [1.165, 1.54) is 9.13 Å². The summed E-state index contributed by atoms with van der Waals surface area (Å²) in [6.45, 7) is 0. The molecule has 0 bridgehead atoms. The summed E-state index contributed by atoms with van der Waals surface area (Å²) in [5.74, 6) is 0. The summed E-state index contributed by atoms with van der Waals surface area (Å²) in [5.41, 5.74) is -4.45. The molecule has 0 aliphatic heterocycles. The van der Waals surface area contributed by atoms with Gasteiger partial charge in [0.2, 0.25) is 0 Å². The van der Waals surface area contributed by atoms with Crippen LogP contribution in [0.15, 0.2) is 0 Å². The number of hydrogen-bond donors (Lipinski definition) is 0. The standard InChI is InChI=1S/C42B28N2/c43-9-1(2-10(44)6-8-18(52)22(56)26(60)34(68)40(8)72(38(6)30(64)14(2)48)42-35(69)27(61)24(58)28(62)36(42)70)13(47)29(63)37-5(9)7-17(51)21(55)25(59)33(67)39(7)71(37)41-31(65)15(49)4(16(50)32(41)66)3-11(45)19(53)23(57)20(54)12(3)46. The second-order valence-corrected chi connectivity index (χ2v) is 17.3. The Kier molecular flexibility index (Phi) is 13.0. The number of benzene rings is 7. The molecule has 2 nitrogen and oxygen atoms in total. The van der Waals surface area contributed by atoms with Gasteiger partial charge in [-0.15, -0.1) is 54.6 Å². The third-order valence-electron chi connectivity index (χ3n) is 13.8. The molecule has 0 unspecified atom stereocenters. The van der Waals surface area contributed by atoms with Crippen molar-refractivity contribution in [2.24, 2.45) is 0 Å². The normalized spacial score (nSPS) is 11.8. The molecule has 0 amide bonds. The molecule has 7 aromatic carbocycles. The van der Waals surface area contributed by atoms with Crippen molar-refractivity contribution in [3.63, 3.8) is 0 Å². The van der Waals surface area contributed by atoms with Crippen LogP contribution in [0, 0.1) is 0 Å². The van der Waals surface area contributed by atoms with Gasteiger partial charge in [-0.1, -0.05) is 98.3 Å². The maximum Gasteiger partial charge on any atom is 0.115 e. The Hall–Kier alpha value is -4.04. The van der Waals surface area contributed by atoms with Crippen molar-refractivity contribution in [3.8, 4) is 33.6 Å². The molecule has 0 spiro atoms. The Balaban J connectivity index is 1.48. The highest BCUT2D eigenvalue weighted by atomic mass is 15.0. The highest BCUT2D eigenvalue weighted by molar-refractivity contribution is 6.76. The molecule has 30 heteroatoms. The van der Waals surface area contributed by atoms with Crippen molar-refractivity contribution in [1.82, 2.24) is 9.13 Å². The predicted octanol–water partition coefficient (Wildman–Crippen LogP) is -22.6. The lowest BCUT2D eigenvalue weighted by Gasteiger charge is -2.30. The zero-order valence-corrected chi connectivity index (χ0v) is 38.1. The highest BCUT2D eigenvalue weighted by Crippen LogP contribution is 2.31. The number of aromatic nitrogens is 2. The Morgan fingerprint density at radius 1 is 0.139 bits per heavy atom. The number of nitrogens with zero attached hydrogens (tertiary/aromatic N) is 2. The van der Waals surface area contributed by atoms with Crippen molar-refractivity contribution in [2.45, 2.75) is 0 Å². The molecule has 0 saturated heterocycles. The number of fused-ring (bicyclic) bond motifs is 6. The minimum Gasteiger partial charge on any atom is -0.312 e. The van der Waals surface area contributed by atoms with Crippen LogP contribution in [0.2, 0.25) is 0 Å². The van der Waals surface area contributed by atoms with Gasteiger partial charge in [0, 0.05) is 44.2 Å². The van der Waals surface area contributed by atoms with Gasteiger partial charge in [0.1, 0.15) is 220 Å². The van der Waals surface area contributed by atoms with Gasteiger partial charge in [0.05, 0.1) is 0 Å². The van der Waals surface area contributed by atoms with Crippen molar-refractivity contribution in [3.05, 3.63) is 0 Å². The molecular weight excluding hydrogens is 835 g/mol. The fraction of sp³-hybridized carbons (Fsp3) is 0. The molecule has 2 heterocycles. The van der Waals surface area contributed by atoms with Crippen molar-refractivity contribution in [1.29, 1.82) is 0 Å². The van der Waals surface area contributed by atoms with Crippen LogP contribution in [0.1, 0.15) is 0 Å². The molecule has 262 valence electrons. The Labute approximate surface area is 455 Å². The molecule has 9 rings (SSSR count). The highest BCUT2D eigenvalue weighted by Gasteiger charge is 2.31. The second kappa shape index (κ2) is 17.8. The quantitative estimate of drug-likeness (QED) is 0.156. The molecule has 0 fully saturated rings. The third-order valence-corrected chi connectivity index (χ3v) is 13.8. The van der Waals surface area contributed by atoms with Gasteiger partial charge >= 0.3 is 0 Å². The Bertz CT molecular complexity index is 3990. The average molecular weight is 835 g/mol. The summed E-state index contributed by atoms with van der Waals surface area (Å²) in [6, 6.07) is 0. The van der Waals surface area contributed by atoms with Crippen LogP contribution < -0.4 is 153 Å². The van der Waals surface area contributed by atoms with Crippen molar-refractivity contribution >= 4 is 416 Å². The first-order chi connectivity index (χ1) is 33.5. The minimum absolute atomic E-state index is 0.00130. The van der Waals surface area contributed by atoms with Gasteiger partial charge in [0.25, 0.3) is 0 Å². The smallest absolute Gasteiger partial charge is 0.115 e. The Morgan fingerprint density at radius 3 is 0.583 bits per heavy atom. The summed E-state index contributed by atoms with van der Waals surface area (Å²) >= 11 is 0. The van der Waals surface area contributed by atoms with Crippen LogP contribution in [0.3, 0.4) is 0 Å². The van der Waals surface area contributed by atoms with Crippen LogP contribution in [0.25, 0.3) is 77.2 Å². The van der Waals surface area contributed by atoms with E-state index in [-0.39, 0.29) is 230 Å². The largest absolute Gasteiger partial charge is 0.312 e. The molecule has 0 saturated carbocycles. The lowest BCUT2D eigenvalue weighted by atomic mass is 9.56. The maximum absolute atomic E-state index is 7.32. The molecule has 0 atom stereocenters. The van der Waals surface area contributed by atoms with E-state index in [4.69, 9.17) is 220 Å². The van der Waals surface area contributed by atoms with Crippen LogP contribution in [-0.4, -0.2) is 229 Å². The fourth-order valence-corrected chi connectivity index (χ4v) is 9.89. The molecule has 0 aliphatic carbocycles. The zero-order chi connectivity index (χ0) is 53.4. The topological polar surface area (TPSA) is 9.86 Å². The average Bonchev–Trinajstić information content (AvgIpc) is 3.89. The van der Waals surface area contributed by atoms with Gasteiger partial charge in [-0.25, -0.2) is 0 Å². The van der Waals surface area contributed by atoms with Gasteiger partial charge < -0.3 is 9.13 Å². The molecule has 0 aliphatic rings. The van der Waals surface area contributed by atoms with E-state index >= 15 is 0 Å². The predicted molar refractivity (Wildman–Crippen MR) is 337 cm³/mol. The van der Waals surface area contributed by atoms with Gasteiger partial charge in [-0.05, 0) is 33.0 Å². The molecule has 9 aromatic rings. The van der Waals surface area contributed by atoms with E-state index in [2.05, 4.69) is 0 Å². The van der Waals surface area contributed by atoms with E-state index in [1.807, 2.05) is 0 Å². The number of rotatable bonds is 4. The fourth-order valence-electron chi connectivity index (χ4n) is 9.89. The summed E-state index contributed by atoms with van der Waals surface area (Å²) in [6.07, 6.45) is 0. The second-order valence-electron chi connectivity index (χ2n) is 17.3. The minimum atomic E-state index is -0.241. The third kappa shape index (κ3) is 6.69. The van der Waals surface area contributed by atoms with Crippen LogP contribution >= 0.6 is 0 Å². The van der Waals surface area contributed by atoms with Crippen LogP contribution in [0.5, 0.6) is 0 Å². The first-order valence-corrected chi connectivity index (χ1v) is 20.9. The summed E-state index contributed by atoms with van der Waals surface area (Å²) in [5, 5.41) is 0.297. The summed E-state index contributed by atoms with van der Waals surface area (Å²) in [7, 11) is 187. The van der Waals surface area contributed by atoms with Crippen LogP contribution in [-0.2, 0) is 0 Å². The molecule has 2 aromatic heterocycles. The van der Waals surface area contributed by atoms with E-state index in [0.717, 1.165) is 0 Å². The van der Waals surface area contributed by atoms with Gasteiger partial charge in [0.15, 0.2) is 0 Å². The molecule has 0 N–H and O–H groups in total. The monoisotopic (exact) mass is 840 g/mol. The first kappa shape index (κ1) is 52.8. The van der Waals surface area contributed by atoms with E-state index in [1.54, 1.807) is 0 Å².